The van der Waals surface area contributed by atoms with Crippen molar-refractivity contribution in [3.8, 4) is 0 Å². The number of amides is 2. The molecule has 82 valence electrons. The standard InChI is InChI=1S/CH6N4O.2HNO2.Pt/c2-4-1(6)5-3;2*2-1-3;/h2-3H2,(H2,4,5,6);2*(H,2,3);/p-2. The second kappa shape index (κ2) is 31.0. The molecule has 13 heavy (non-hydrogen) atoms. The fraction of sp³-hybridized carbons (Fsp3) is 0. The number of hydrazine groups is 2. The maximum Gasteiger partial charge on any atom is 0.343 e. The van der Waals surface area contributed by atoms with Gasteiger partial charge in [-0.3, -0.25) is 10.9 Å². The van der Waals surface area contributed by atoms with Gasteiger partial charge in [-0.25, -0.2) is 16.5 Å². The molecule has 0 aromatic heterocycles. The van der Waals surface area contributed by atoms with Crippen molar-refractivity contribution in [1.82, 2.24) is 10.9 Å². The van der Waals surface area contributed by atoms with Gasteiger partial charge in [0.15, 0.2) is 0 Å². The zero-order valence-corrected chi connectivity index (χ0v) is 8.18. The van der Waals surface area contributed by atoms with Gasteiger partial charge in [0, 0.05) is 21.1 Å². The van der Waals surface area contributed by atoms with E-state index in [0.29, 0.717) is 0 Å². The minimum Gasteiger partial charge on any atom is -0.444 e. The molecule has 0 bridgehead atoms. The third-order valence-corrected chi connectivity index (χ3v) is 0.262. The van der Waals surface area contributed by atoms with Crippen molar-refractivity contribution in [1.29, 1.82) is 0 Å². The van der Waals surface area contributed by atoms with E-state index in [-0.39, 0.29) is 21.1 Å². The van der Waals surface area contributed by atoms with E-state index in [2.05, 4.69) is 11.7 Å². The molecular formula is CH6N6O5Pt-2. The minimum atomic E-state index is -0.602. The van der Waals surface area contributed by atoms with Crippen molar-refractivity contribution < 1.29 is 25.9 Å². The summed E-state index contributed by atoms with van der Waals surface area (Å²) >= 11 is 0. The average Bonchev–Trinajstić information content (AvgIpc) is 2.06. The summed E-state index contributed by atoms with van der Waals surface area (Å²) in [5, 5.41) is 18.0. The van der Waals surface area contributed by atoms with Gasteiger partial charge in [-0.2, -0.15) is 0 Å². The van der Waals surface area contributed by atoms with E-state index in [1.807, 2.05) is 0 Å². The number of hydrogen-bond acceptors (Lipinski definition) is 9. The van der Waals surface area contributed by atoms with E-state index in [1.54, 1.807) is 10.9 Å². The topological polar surface area (TPSA) is 198 Å². The molecule has 0 fully saturated rings. The molecule has 0 spiro atoms. The average molecular weight is 377 g/mol. The van der Waals surface area contributed by atoms with Crippen LogP contribution in [0.25, 0.3) is 0 Å². The second-order valence-electron chi connectivity index (χ2n) is 0.767. The van der Waals surface area contributed by atoms with Crippen LogP contribution in [-0.2, 0) is 21.1 Å². The van der Waals surface area contributed by atoms with Gasteiger partial charge in [0.2, 0.25) is 0 Å². The van der Waals surface area contributed by atoms with Crippen LogP contribution in [0.15, 0.2) is 10.7 Å². The molecule has 0 radical (unpaired) electrons. The number of carbonyl (C=O) groups is 1. The summed E-state index contributed by atoms with van der Waals surface area (Å²) < 4.78 is 0. The van der Waals surface area contributed by atoms with Crippen molar-refractivity contribution in [2.24, 2.45) is 22.4 Å². The quantitative estimate of drug-likeness (QED) is 0.171. The first-order valence-corrected chi connectivity index (χ1v) is 2.01. The van der Waals surface area contributed by atoms with Crippen molar-refractivity contribution in [2.45, 2.75) is 0 Å². The Morgan fingerprint density at radius 2 is 1.23 bits per heavy atom. The van der Waals surface area contributed by atoms with Crippen LogP contribution in [-0.4, -0.2) is 6.03 Å². The van der Waals surface area contributed by atoms with E-state index >= 15 is 0 Å². The Morgan fingerprint density at radius 3 is 1.23 bits per heavy atom. The Bertz CT molecular complexity index is 108. The summed E-state index contributed by atoms with van der Waals surface area (Å²) in [5.74, 6) is 9.08. The van der Waals surface area contributed by atoms with Gasteiger partial charge in [0.05, 0.1) is 0 Å². The van der Waals surface area contributed by atoms with Crippen molar-refractivity contribution >= 4 is 6.03 Å². The van der Waals surface area contributed by atoms with Gasteiger partial charge in [-0.15, -0.1) is 10.7 Å². The molecule has 0 aliphatic rings. The van der Waals surface area contributed by atoms with Crippen LogP contribution in [0.4, 0.5) is 4.79 Å². The largest absolute Gasteiger partial charge is 0.444 e. The molecular weight excluding hydrogens is 371 g/mol. The number of carbonyl (C=O) groups excluding carboxylic acids is 1. The number of urea groups is 1. The van der Waals surface area contributed by atoms with E-state index < -0.39 is 6.03 Å². The second-order valence-corrected chi connectivity index (χ2v) is 0.767. The van der Waals surface area contributed by atoms with Gasteiger partial charge in [0.25, 0.3) is 0 Å². The van der Waals surface area contributed by atoms with Crippen molar-refractivity contribution in [2.75, 3.05) is 0 Å². The molecule has 0 saturated carbocycles. The number of rotatable bonds is 0. The molecule has 0 aliphatic carbocycles. The molecule has 0 rings (SSSR count). The molecule has 12 heteroatoms. The Balaban J connectivity index is -0.0000000501. The Hall–Kier alpha value is -1.32. The summed E-state index contributed by atoms with van der Waals surface area (Å²) in [7, 11) is 0. The Kier molecular flexibility index (Phi) is 53.9. The first-order chi connectivity index (χ1) is 5.64. The summed E-state index contributed by atoms with van der Waals surface area (Å²) in [6.45, 7) is 0. The molecule has 0 aliphatic heterocycles. The normalized spacial score (nSPS) is 5.08. The van der Waals surface area contributed by atoms with Gasteiger partial charge < -0.3 is 20.2 Å². The predicted molar refractivity (Wildman–Crippen MR) is 38.4 cm³/mol. The van der Waals surface area contributed by atoms with Gasteiger partial charge in [-0.05, 0) is 0 Å². The Labute approximate surface area is 85.9 Å². The SMILES string of the molecule is NNC(=O)NN.O=N[O-].O=N[O-].[Pt]. The van der Waals surface area contributed by atoms with E-state index in [9.17, 15) is 4.79 Å². The van der Waals surface area contributed by atoms with E-state index in [0.717, 1.165) is 10.7 Å². The van der Waals surface area contributed by atoms with Crippen LogP contribution < -0.4 is 22.5 Å². The minimum absolute atomic E-state index is 0. The van der Waals surface area contributed by atoms with Crippen LogP contribution in [0.3, 0.4) is 0 Å². The monoisotopic (exact) mass is 377 g/mol. The fourth-order valence-electron chi connectivity index (χ4n) is 0.0417. The molecule has 0 atom stereocenters. The number of nitrogens with zero attached hydrogens (tertiary/aromatic N) is 2. The molecule has 6 N–H and O–H groups in total. The first kappa shape index (κ1) is 22.6. The number of nitrogens with two attached hydrogens (primary N) is 2. The summed E-state index contributed by atoms with van der Waals surface area (Å²) in [6.07, 6.45) is 0. The number of hydrogen-bond donors (Lipinski definition) is 4. The van der Waals surface area contributed by atoms with Crippen LogP contribution in [0.5, 0.6) is 0 Å². The predicted octanol–water partition coefficient (Wildman–Crippen LogP) is -1.47. The maximum absolute atomic E-state index is 9.71. The maximum atomic E-state index is 9.71. The van der Waals surface area contributed by atoms with Crippen LogP contribution in [0.2, 0.25) is 0 Å². The van der Waals surface area contributed by atoms with Crippen molar-refractivity contribution in [3.05, 3.63) is 20.2 Å². The summed E-state index contributed by atoms with van der Waals surface area (Å²) in [6, 6.07) is -0.602. The first-order valence-electron chi connectivity index (χ1n) is 2.01. The van der Waals surface area contributed by atoms with E-state index in [4.69, 9.17) is 20.2 Å². The van der Waals surface area contributed by atoms with Crippen LogP contribution >= 0.6 is 0 Å². The van der Waals surface area contributed by atoms with E-state index in [1.165, 1.54) is 0 Å². The van der Waals surface area contributed by atoms with Gasteiger partial charge >= 0.3 is 6.03 Å². The summed E-state index contributed by atoms with van der Waals surface area (Å²) in [5.41, 5.74) is 3.48. The molecule has 2 amide bonds. The van der Waals surface area contributed by atoms with Crippen LogP contribution in [0, 0.1) is 20.2 Å². The number of nitrogens with one attached hydrogen (secondary N) is 2. The molecule has 0 saturated heterocycles. The van der Waals surface area contributed by atoms with Crippen LogP contribution in [0.1, 0.15) is 0 Å². The zero-order valence-electron chi connectivity index (χ0n) is 5.91. The van der Waals surface area contributed by atoms with Crippen molar-refractivity contribution in [3.63, 3.8) is 0 Å². The van der Waals surface area contributed by atoms with Gasteiger partial charge in [-0.1, -0.05) is 0 Å². The molecule has 0 aromatic rings. The smallest absolute Gasteiger partial charge is 0.343 e. The zero-order chi connectivity index (χ0) is 10.4. The third kappa shape index (κ3) is 112. The third-order valence-electron chi connectivity index (χ3n) is 0.262. The Morgan fingerprint density at radius 1 is 1.08 bits per heavy atom. The molecule has 0 heterocycles. The molecule has 0 aromatic carbocycles. The van der Waals surface area contributed by atoms with Gasteiger partial charge in [0.1, 0.15) is 0 Å². The fourth-order valence-corrected chi connectivity index (χ4v) is 0.0417. The molecule has 0 unspecified atom stereocenters. The summed E-state index contributed by atoms with van der Waals surface area (Å²) in [4.78, 5) is 25.7. The molecule has 11 nitrogen and oxygen atoms in total.